The van der Waals surface area contributed by atoms with Crippen LogP contribution in [0, 0.1) is 0 Å². The van der Waals surface area contributed by atoms with Crippen molar-refractivity contribution in [3.05, 3.63) is 76.8 Å². The lowest BCUT2D eigenvalue weighted by atomic mass is 9.90. The highest BCUT2D eigenvalue weighted by Gasteiger charge is 2.40. The molecule has 5 rings (SSSR count). The van der Waals surface area contributed by atoms with Crippen molar-refractivity contribution in [3.63, 3.8) is 0 Å². The monoisotopic (exact) mass is 678 g/mol. The van der Waals surface area contributed by atoms with Gasteiger partial charge in [-0.1, -0.05) is 29.8 Å². The summed E-state index contributed by atoms with van der Waals surface area (Å²) in [6.45, 7) is 0.111. The van der Waals surface area contributed by atoms with Crippen molar-refractivity contribution < 1.29 is 53.8 Å². The minimum absolute atomic E-state index is 0.0467. The summed E-state index contributed by atoms with van der Waals surface area (Å²) in [7, 11) is -3.37. The number of para-hydroxylation sites is 1. The molecule has 0 amide bonds. The Balaban J connectivity index is 1.46. The highest BCUT2D eigenvalue weighted by Crippen LogP contribution is 2.46. The molecule has 0 bridgehead atoms. The standard InChI is InChI=1S/C29H25ClF6N2O6S/c1-42-26(39)11-9-20-16-38(45(40,41)21-5-2-4-19(13-21)28(31,32)33)23-12-17(8-10-24(23)43-20)18-14-37(15-18)27-22(30)6-3-7-25(27)44-29(34,35)36/h2-8,10,12-13,18,20H,9,11,14-16H2,1H3/t20-/m0/s1. The Morgan fingerprint density at radius 3 is 2.38 bits per heavy atom. The average Bonchev–Trinajstić information content (AvgIpc) is 2.94. The minimum atomic E-state index is -4.94. The second-order valence-electron chi connectivity index (χ2n) is 10.4. The molecular weight excluding hydrogens is 654 g/mol. The normalized spacial score (nSPS) is 17.3. The van der Waals surface area contributed by atoms with Gasteiger partial charge in [0.2, 0.25) is 0 Å². The number of alkyl halides is 6. The molecule has 0 aliphatic carbocycles. The number of hydrogen-bond acceptors (Lipinski definition) is 7. The van der Waals surface area contributed by atoms with Gasteiger partial charge in [-0.2, -0.15) is 13.2 Å². The zero-order chi connectivity index (χ0) is 32.7. The van der Waals surface area contributed by atoms with Gasteiger partial charge in [-0.25, -0.2) is 8.42 Å². The van der Waals surface area contributed by atoms with Crippen molar-refractivity contribution in [2.45, 2.75) is 42.3 Å². The van der Waals surface area contributed by atoms with Crippen molar-refractivity contribution in [2.24, 2.45) is 0 Å². The number of carbonyl (C=O) groups excluding carboxylic acids is 1. The largest absolute Gasteiger partial charge is 0.573 e. The first kappa shape index (κ1) is 32.5. The first-order valence-corrected chi connectivity index (χ1v) is 15.3. The number of carbonyl (C=O) groups is 1. The quantitative estimate of drug-likeness (QED) is 0.192. The molecule has 0 spiro atoms. The minimum Gasteiger partial charge on any atom is -0.486 e. The third kappa shape index (κ3) is 7.03. The molecule has 45 heavy (non-hydrogen) atoms. The lowest BCUT2D eigenvalue weighted by Gasteiger charge is -2.43. The highest BCUT2D eigenvalue weighted by molar-refractivity contribution is 7.92. The predicted molar refractivity (Wildman–Crippen MR) is 151 cm³/mol. The second kappa shape index (κ2) is 12.2. The molecule has 0 radical (unpaired) electrons. The smallest absolute Gasteiger partial charge is 0.486 e. The number of hydrogen-bond donors (Lipinski definition) is 0. The van der Waals surface area contributed by atoms with Crippen LogP contribution >= 0.6 is 11.6 Å². The molecule has 2 heterocycles. The van der Waals surface area contributed by atoms with Crippen molar-refractivity contribution >= 4 is 39.0 Å². The molecule has 1 saturated heterocycles. The van der Waals surface area contributed by atoms with Gasteiger partial charge in [-0.3, -0.25) is 9.10 Å². The van der Waals surface area contributed by atoms with Crippen LogP contribution < -0.4 is 18.7 Å². The van der Waals surface area contributed by atoms with Gasteiger partial charge in [0.1, 0.15) is 11.9 Å². The number of nitrogens with zero attached hydrogens (tertiary/aromatic N) is 2. The van der Waals surface area contributed by atoms with Crippen LogP contribution in [0.4, 0.5) is 37.7 Å². The van der Waals surface area contributed by atoms with Gasteiger partial charge in [0.05, 0.1) is 40.5 Å². The maximum Gasteiger partial charge on any atom is 0.573 e. The molecule has 0 N–H and O–H groups in total. The number of fused-ring (bicyclic) bond motifs is 1. The molecule has 2 aliphatic rings. The average molecular weight is 679 g/mol. The lowest BCUT2D eigenvalue weighted by molar-refractivity contribution is -0.274. The van der Waals surface area contributed by atoms with E-state index in [4.69, 9.17) is 16.3 Å². The molecule has 242 valence electrons. The van der Waals surface area contributed by atoms with Crippen LogP contribution in [0.5, 0.6) is 11.5 Å². The van der Waals surface area contributed by atoms with E-state index in [2.05, 4.69) is 9.47 Å². The number of esters is 1. The summed E-state index contributed by atoms with van der Waals surface area (Å²) in [4.78, 5) is 12.7. The van der Waals surface area contributed by atoms with Gasteiger partial charge in [0, 0.05) is 25.4 Å². The topological polar surface area (TPSA) is 85.4 Å². The van der Waals surface area contributed by atoms with Gasteiger partial charge < -0.3 is 19.1 Å². The summed E-state index contributed by atoms with van der Waals surface area (Å²) in [6.07, 6.45) is -10.6. The summed E-state index contributed by atoms with van der Waals surface area (Å²) in [6, 6.07) is 12.0. The fourth-order valence-corrected chi connectivity index (χ4v) is 7.01. The molecule has 3 aromatic carbocycles. The van der Waals surface area contributed by atoms with Gasteiger partial charge >= 0.3 is 18.5 Å². The molecule has 0 aromatic heterocycles. The molecule has 1 atom stereocenters. The fourth-order valence-electron chi connectivity index (χ4n) is 5.18. The fraction of sp³-hybridized carbons (Fsp3) is 0.345. The number of benzene rings is 3. The first-order chi connectivity index (χ1) is 21.1. The zero-order valence-electron chi connectivity index (χ0n) is 23.4. The maximum atomic E-state index is 13.8. The third-order valence-electron chi connectivity index (χ3n) is 7.41. The Kier molecular flexibility index (Phi) is 8.79. The molecule has 16 heteroatoms. The maximum absolute atomic E-state index is 13.8. The van der Waals surface area contributed by atoms with E-state index in [9.17, 15) is 39.6 Å². The van der Waals surface area contributed by atoms with Crippen molar-refractivity contribution in [1.29, 1.82) is 0 Å². The van der Waals surface area contributed by atoms with E-state index >= 15 is 0 Å². The van der Waals surface area contributed by atoms with Crippen molar-refractivity contribution in [2.75, 3.05) is 35.9 Å². The van der Waals surface area contributed by atoms with Gasteiger partial charge in [-0.05, 0) is 54.4 Å². The highest BCUT2D eigenvalue weighted by atomic mass is 35.5. The zero-order valence-corrected chi connectivity index (χ0v) is 24.9. The van der Waals surface area contributed by atoms with Crippen LogP contribution in [-0.4, -0.2) is 53.6 Å². The number of ether oxygens (including phenoxy) is 3. The lowest BCUT2D eigenvalue weighted by Crippen LogP contribution is -2.46. The van der Waals surface area contributed by atoms with Crippen molar-refractivity contribution in [3.8, 4) is 11.5 Å². The summed E-state index contributed by atoms with van der Waals surface area (Å²) >= 11 is 6.21. The summed E-state index contributed by atoms with van der Waals surface area (Å²) in [5.74, 6) is -1.17. The number of anilines is 2. The second-order valence-corrected chi connectivity index (χ2v) is 12.6. The number of rotatable bonds is 8. The Hall–Kier alpha value is -3.85. The third-order valence-corrected chi connectivity index (χ3v) is 9.49. The predicted octanol–water partition coefficient (Wildman–Crippen LogP) is 6.77. The Labute approximate surface area is 259 Å². The molecule has 0 saturated carbocycles. The van der Waals surface area contributed by atoms with Crippen LogP contribution in [0.2, 0.25) is 5.02 Å². The number of halogens is 7. The molecule has 2 aliphatic heterocycles. The first-order valence-electron chi connectivity index (χ1n) is 13.4. The summed E-state index contributed by atoms with van der Waals surface area (Å²) in [5, 5.41) is 0.0467. The van der Waals surface area contributed by atoms with Crippen LogP contribution in [0.1, 0.15) is 29.9 Å². The molecular formula is C29H25ClF6N2O6S. The summed E-state index contributed by atoms with van der Waals surface area (Å²) in [5.41, 5.74) is -0.417. The Bertz CT molecular complexity index is 1700. The molecule has 1 fully saturated rings. The van der Waals surface area contributed by atoms with Gasteiger partial charge in [-0.15, -0.1) is 13.2 Å². The van der Waals surface area contributed by atoms with E-state index in [0.29, 0.717) is 11.6 Å². The SMILES string of the molecule is COC(=O)CC[C@H]1CN(S(=O)(=O)c2cccc(C(F)(F)F)c2)c2cc(C3CN(c4c(Cl)cccc4OC(F)(F)F)C3)ccc2O1. The van der Waals surface area contributed by atoms with E-state index in [0.717, 1.165) is 28.6 Å². The van der Waals surface area contributed by atoms with E-state index in [1.807, 2.05) is 0 Å². The number of methoxy groups -OCH3 is 1. The van der Waals surface area contributed by atoms with E-state index in [-0.39, 0.29) is 60.5 Å². The van der Waals surface area contributed by atoms with Crippen molar-refractivity contribution in [1.82, 2.24) is 0 Å². The summed E-state index contributed by atoms with van der Waals surface area (Å²) < 4.78 is 123. The van der Waals surface area contributed by atoms with Crippen LogP contribution in [-0.2, 0) is 25.7 Å². The van der Waals surface area contributed by atoms with Crippen LogP contribution in [0.3, 0.4) is 0 Å². The van der Waals surface area contributed by atoms with Crippen LogP contribution in [0.25, 0.3) is 0 Å². The van der Waals surface area contributed by atoms with Crippen LogP contribution in [0.15, 0.2) is 65.6 Å². The van der Waals surface area contributed by atoms with E-state index < -0.39 is 50.8 Å². The van der Waals surface area contributed by atoms with Gasteiger partial charge in [0.15, 0.2) is 5.75 Å². The number of sulfonamides is 1. The van der Waals surface area contributed by atoms with Gasteiger partial charge in [0.25, 0.3) is 10.0 Å². The Morgan fingerprint density at radius 1 is 1.00 bits per heavy atom. The van der Waals surface area contributed by atoms with E-state index in [1.54, 1.807) is 11.0 Å². The molecule has 3 aromatic rings. The molecule has 0 unspecified atom stereocenters. The molecule has 8 nitrogen and oxygen atoms in total. The Morgan fingerprint density at radius 2 is 1.71 bits per heavy atom. The van der Waals surface area contributed by atoms with E-state index in [1.165, 1.54) is 31.4 Å².